The van der Waals surface area contributed by atoms with E-state index < -0.39 is 11.2 Å². The highest BCUT2D eigenvalue weighted by atomic mass is 16.6. The van der Waals surface area contributed by atoms with Crippen LogP contribution in [-0.2, 0) is 9.53 Å². The second-order valence-corrected chi connectivity index (χ2v) is 7.68. The molecular weight excluding hydrogens is 252 g/mol. The molecule has 0 aromatic carbocycles. The van der Waals surface area contributed by atoms with Gasteiger partial charge < -0.3 is 9.84 Å². The van der Waals surface area contributed by atoms with Crippen LogP contribution in [0.4, 0.5) is 0 Å². The molecule has 0 radical (unpaired) electrons. The molecule has 3 atom stereocenters. The van der Waals surface area contributed by atoms with E-state index in [1.165, 1.54) is 12.5 Å². The van der Waals surface area contributed by atoms with Crippen molar-refractivity contribution in [3.05, 3.63) is 12.7 Å². The van der Waals surface area contributed by atoms with E-state index in [9.17, 15) is 9.90 Å². The molecule has 0 spiro atoms. The Morgan fingerprint density at radius 1 is 1.40 bits per heavy atom. The lowest BCUT2D eigenvalue weighted by molar-refractivity contribution is -0.235. The van der Waals surface area contributed by atoms with E-state index in [1.807, 2.05) is 0 Å². The molecule has 0 heterocycles. The maximum absolute atomic E-state index is 11.8. The van der Waals surface area contributed by atoms with E-state index in [0.29, 0.717) is 11.8 Å². The third-order valence-electron chi connectivity index (χ3n) is 6.32. The molecule has 3 heteroatoms. The fraction of sp³-hybridized carbons (Fsp3) is 0.824. The Morgan fingerprint density at radius 2 is 2.00 bits per heavy atom. The lowest BCUT2D eigenvalue weighted by atomic mass is 9.44. The maximum atomic E-state index is 11.8. The third kappa shape index (κ3) is 1.93. The number of rotatable bonds is 4. The topological polar surface area (TPSA) is 46.5 Å². The second-order valence-electron chi connectivity index (χ2n) is 7.68. The van der Waals surface area contributed by atoms with Crippen molar-refractivity contribution in [2.24, 2.45) is 17.3 Å². The van der Waals surface area contributed by atoms with Crippen LogP contribution in [0.25, 0.3) is 0 Å². The third-order valence-corrected chi connectivity index (χ3v) is 6.32. The van der Waals surface area contributed by atoms with Gasteiger partial charge in [-0.3, -0.25) is 0 Å². The number of hydrogen-bond acceptors (Lipinski definition) is 3. The molecule has 4 aliphatic carbocycles. The van der Waals surface area contributed by atoms with Gasteiger partial charge in [0.15, 0.2) is 0 Å². The van der Waals surface area contributed by atoms with Gasteiger partial charge in [0.25, 0.3) is 0 Å². The molecule has 4 aliphatic rings. The summed E-state index contributed by atoms with van der Waals surface area (Å²) in [6.45, 7) is 7.66. The molecule has 112 valence electrons. The Bertz CT molecular complexity index is 428. The molecule has 0 aliphatic heterocycles. The van der Waals surface area contributed by atoms with Crippen molar-refractivity contribution in [3.63, 3.8) is 0 Å². The zero-order chi connectivity index (χ0) is 14.6. The second kappa shape index (κ2) is 4.33. The summed E-state index contributed by atoms with van der Waals surface area (Å²) < 4.78 is 5.80. The Labute approximate surface area is 121 Å². The summed E-state index contributed by atoms with van der Waals surface area (Å²) in [6.07, 6.45) is 8.17. The average molecular weight is 278 g/mol. The Balaban J connectivity index is 1.94. The number of carbonyl (C=O) groups excluding carboxylic acids is 1. The molecule has 0 saturated heterocycles. The van der Waals surface area contributed by atoms with Crippen molar-refractivity contribution >= 4 is 5.97 Å². The van der Waals surface area contributed by atoms with Crippen molar-refractivity contribution in [2.75, 3.05) is 0 Å². The van der Waals surface area contributed by atoms with Crippen LogP contribution < -0.4 is 0 Å². The lowest BCUT2D eigenvalue weighted by Gasteiger charge is -2.64. The largest absolute Gasteiger partial charge is 0.456 e. The molecule has 4 bridgehead atoms. The van der Waals surface area contributed by atoms with Crippen molar-refractivity contribution < 1.29 is 14.6 Å². The Morgan fingerprint density at radius 3 is 2.45 bits per heavy atom. The van der Waals surface area contributed by atoms with Crippen LogP contribution in [-0.4, -0.2) is 22.3 Å². The summed E-state index contributed by atoms with van der Waals surface area (Å²) in [5.41, 5.74) is -1.04. The summed E-state index contributed by atoms with van der Waals surface area (Å²) in [5, 5.41) is 10.9. The summed E-state index contributed by atoms with van der Waals surface area (Å²) in [6, 6.07) is 0. The molecule has 0 aromatic rings. The molecule has 4 fully saturated rings. The highest BCUT2D eigenvalue weighted by Gasteiger charge is 2.63. The number of esters is 1. The molecule has 20 heavy (non-hydrogen) atoms. The highest BCUT2D eigenvalue weighted by Crippen LogP contribution is 2.66. The Kier molecular flexibility index (Phi) is 3.06. The number of aliphatic hydroxyl groups is 1. The lowest BCUT2D eigenvalue weighted by Crippen LogP contribution is -2.63. The molecule has 3 unspecified atom stereocenters. The van der Waals surface area contributed by atoms with Crippen LogP contribution in [0.2, 0.25) is 0 Å². The maximum Gasteiger partial charge on any atom is 0.330 e. The van der Waals surface area contributed by atoms with Gasteiger partial charge in [-0.15, -0.1) is 0 Å². The van der Waals surface area contributed by atoms with Gasteiger partial charge in [-0.05, 0) is 63.7 Å². The SMILES string of the molecule is C=CC(=O)OC(C)(CC)C12CC3CC(CC(O)(C3)C1)C2. The first kappa shape index (κ1) is 14.1. The van der Waals surface area contributed by atoms with E-state index in [2.05, 4.69) is 20.4 Å². The molecule has 4 saturated carbocycles. The molecular formula is C17H26O3. The van der Waals surface area contributed by atoms with E-state index in [4.69, 9.17) is 4.74 Å². The molecule has 4 rings (SSSR count). The molecule has 3 nitrogen and oxygen atoms in total. The van der Waals surface area contributed by atoms with Gasteiger partial charge in [-0.1, -0.05) is 13.5 Å². The summed E-state index contributed by atoms with van der Waals surface area (Å²) in [5.74, 6) is 0.876. The van der Waals surface area contributed by atoms with Crippen LogP contribution in [0, 0.1) is 17.3 Å². The van der Waals surface area contributed by atoms with Gasteiger partial charge in [-0.2, -0.15) is 0 Å². The number of ether oxygens (including phenoxy) is 1. The van der Waals surface area contributed by atoms with Crippen LogP contribution in [0.3, 0.4) is 0 Å². The highest BCUT2D eigenvalue weighted by molar-refractivity contribution is 5.81. The van der Waals surface area contributed by atoms with Crippen molar-refractivity contribution in [1.82, 2.24) is 0 Å². The van der Waals surface area contributed by atoms with Gasteiger partial charge in [0.2, 0.25) is 0 Å². The van der Waals surface area contributed by atoms with E-state index >= 15 is 0 Å². The summed E-state index contributed by atoms with van der Waals surface area (Å²) in [7, 11) is 0. The van der Waals surface area contributed by atoms with Crippen LogP contribution in [0.1, 0.15) is 58.8 Å². The van der Waals surface area contributed by atoms with Gasteiger partial charge in [0.1, 0.15) is 5.60 Å². The Hall–Kier alpha value is -0.830. The van der Waals surface area contributed by atoms with E-state index in [0.717, 1.165) is 38.5 Å². The fourth-order valence-corrected chi connectivity index (χ4v) is 5.65. The van der Waals surface area contributed by atoms with Crippen LogP contribution in [0.5, 0.6) is 0 Å². The molecule has 0 amide bonds. The van der Waals surface area contributed by atoms with Crippen molar-refractivity contribution in [1.29, 1.82) is 0 Å². The standard InChI is InChI=1S/C17H26O3/c1-4-14(18)20-15(3,5-2)16-7-12-6-13(8-16)10-17(19,9-12)11-16/h4,12-13,19H,1,5-11H2,2-3H3. The van der Waals surface area contributed by atoms with Gasteiger partial charge >= 0.3 is 5.97 Å². The van der Waals surface area contributed by atoms with Crippen LogP contribution in [0.15, 0.2) is 12.7 Å². The number of hydrogen-bond donors (Lipinski definition) is 1. The first-order chi connectivity index (χ1) is 9.34. The minimum atomic E-state index is -0.513. The van der Waals surface area contributed by atoms with E-state index in [-0.39, 0.29) is 11.4 Å². The van der Waals surface area contributed by atoms with Gasteiger partial charge in [0.05, 0.1) is 5.60 Å². The monoisotopic (exact) mass is 278 g/mol. The smallest absolute Gasteiger partial charge is 0.330 e. The molecule has 1 N–H and O–H groups in total. The minimum Gasteiger partial charge on any atom is -0.456 e. The summed E-state index contributed by atoms with van der Waals surface area (Å²) >= 11 is 0. The van der Waals surface area contributed by atoms with Gasteiger partial charge in [0, 0.05) is 11.5 Å². The first-order valence-electron chi connectivity index (χ1n) is 7.91. The predicted molar refractivity (Wildman–Crippen MR) is 77.0 cm³/mol. The first-order valence-corrected chi connectivity index (χ1v) is 7.91. The zero-order valence-corrected chi connectivity index (χ0v) is 12.7. The molecule has 0 aromatic heterocycles. The fourth-order valence-electron chi connectivity index (χ4n) is 5.65. The minimum absolute atomic E-state index is 0.0424. The van der Waals surface area contributed by atoms with E-state index in [1.54, 1.807) is 0 Å². The van der Waals surface area contributed by atoms with Crippen molar-refractivity contribution in [3.8, 4) is 0 Å². The van der Waals surface area contributed by atoms with Crippen LogP contribution >= 0.6 is 0 Å². The van der Waals surface area contributed by atoms with Crippen molar-refractivity contribution in [2.45, 2.75) is 70.0 Å². The quantitative estimate of drug-likeness (QED) is 0.634. The average Bonchev–Trinajstić information content (AvgIpc) is 2.35. The zero-order valence-electron chi connectivity index (χ0n) is 12.7. The van der Waals surface area contributed by atoms with Gasteiger partial charge in [-0.25, -0.2) is 4.79 Å². The summed E-state index contributed by atoms with van der Waals surface area (Å²) in [4.78, 5) is 11.8. The number of carbonyl (C=O) groups is 1. The normalized spacial score (nSPS) is 45.0. The predicted octanol–water partition coefficient (Wildman–Crippen LogP) is 3.22.